The molecule has 0 saturated carbocycles. The molecule has 24 heavy (non-hydrogen) atoms. The number of aromatic nitrogens is 1. The molecule has 2 aromatic rings. The smallest absolute Gasteiger partial charge is 0.222 e. The van der Waals surface area contributed by atoms with Gasteiger partial charge in [-0.15, -0.1) is 0 Å². The van der Waals surface area contributed by atoms with Gasteiger partial charge in [0.15, 0.2) is 5.78 Å². The van der Waals surface area contributed by atoms with Crippen LogP contribution in [0.5, 0.6) is 5.75 Å². The number of ether oxygens (including phenoxy) is 1. The highest BCUT2D eigenvalue weighted by Gasteiger charge is 2.09. The van der Waals surface area contributed by atoms with E-state index in [0.29, 0.717) is 37.3 Å². The molecule has 1 aromatic carbocycles. The van der Waals surface area contributed by atoms with E-state index in [9.17, 15) is 9.59 Å². The molecule has 1 aromatic heterocycles. The van der Waals surface area contributed by atoms with Crippen molar-refractivity contribution in [3.63, 3.8) is 0 Å². The van der Waals surface area contributed by atoms with E-state index in [4.69, 9.17) is 4.74 Å². The van der Waals surface area contributed by atoms with Crippen molar-refractivity contribution < 1.29 is 14.3 Å². The monoisotopic (exact) mass is 326 g/mol. The molecule has 2 rings (SSSR count). The topological polar surface area (TPSA) is 59.5 Å². The van der Waals surface area contributed by atoms with Crippen LogP contribution >= 0.6 is 0 Å². The van der Waals surface area contributed by atoms with E-state index in [1.54, 1.807) is 48.6 Å². The molecule has 0 aliphatic carbocycles. The van der Waals surface area contributed by atoms with E-state index < -0.39 is 0 Å². The van der Waals surface area contributed by atoms with Crippen LogP contribution in [0.25, 0.3) is 0 Å². The van der Waals surface area contributed by atoms with Gasteiger partial charge in [0, 0.05) is 38.0 Å². The molecular formula is C19H22N2O3. The molecule has 0 radical (unpaired) electrons. The summed E-state index contributed by atoms with van der Waals surface area (Å²) in [6, 6.07) is 10.8. The van der Waals surface area contributed by atoms with Crippen molar-refractivity contribution in [2.24, 2.45) is 0 Å². The third-order valence-electron chi connectivity index (χ3n) is 3.63. The molecule has 0 atom stereocenters. The maximum Gasteiger partial charge on any atom is 0.222 e. The molecule has 0 spiro atoms. The predicted octanol–water partition coefficient (Wildman–Crippen LogP) is 3.10. The van der Waals surface area contributed by atoms with E-state index in [0.717, 1.165) is 5.56 Å². The first-order chi connectivity index (χ1) is 11.6. The molecule has 1 amide bonds. The number of pyridine rings is 1. The second-order valence-corrected chi connectivity index (χ2v) is 5.64. The van der Waals surface area contributed by atoms with Crippen LogP contribution in [-0.2, 0) is 11.3 Å². The molecule has 5 heteroatoms. The molecule has 5 nitrogen and oxygen atoms in total. The zero-order chi connectivity index (χ0) is 17.4. The van der Waals surface area contributed by atoms with Gasteiger partial charge in [-0.1, -0.05) is 6.07 Å². The van der Waals surface area contributed by atoms with Crippen molar-refractivity contribution in [3.8, 4) is 5.75 Å². The molecule has 0 unspecified atom stereocenters. The van der Waals surface area contributed by atoms with Gasteiger partial charge in [-0.2, -0.15) is 0 Å². The van der Waals surface area contributed by atoms with Gasteiger partial charge in [-0.05, 0) is 49.2 Å². The molecule has 0 saturated heterocycles. The van der Waals surface area contributed by atoms with Crippen LogP contribution in [0.15, 0.2) is 48.8 Å². The summed E-state index contributed by atoms with van der Waals surface area (Å²) in [5.41, 5.74) is 1.67. The molecule has 0 bridgehead atoms. The Balaban J connectivity index is 1.69. The van der Waals surface area contributed by atoms with Crippen LogP contribution in [0.3, 0.4) is 0 Å². The summed E-state index contributed by atoms with van der Waals surface area (Å²) in [6.45, 7) is 2.55. The van der Waals surface area contributed by atoms with Gasteiger partial charge in [0.05, 0.1) is 6.61 Å². The van der Waals surface area contributed by atoms with E-state index in [2.05, 4.69) is 4.98 Å². The highest BCUT2D eigenvalue weighted by molar-refractivity contribution is 5.94. The predicted molar refractivity (Wildman–Crippen MR) is 91.9 cm³/mol. The lowest BCUT2D eigenvalue weighted by molar-refractivity contribution is -0.130. The average Bonchev–Trinajstić information content (AvgIpc) is 2.59. The number of carbonyl (C=O) groups excluding carboxylic acids is 2. The molecule has 0 aliphatic heterocycles. The van der Waals surface area contributed by atoms with Crippen molar-refractivity contribution >= 4 is 11.7 Å². The Kier molecular flexibility index (Phi) is 6.49. The Morgan fingerprint density at radius 3 is 2.54 bits per heavy atom. The zero-order valence-corrected chi connectivity index (χ0v) is 14.1. The number of nitrogens with zero attached hydrogens (tertiary/aromatic N) is 2. The lowest BCUT2D eigenvalue weighted by atomic mass is 10.1. The SMILES string of the molecule is CC(=O)c1ccc(OCCCC(=O)N(C)Cc2cccnc2)cc1. The summed E-state index contributed by atoms with van der Waals surface area (Å²) in [7, 11) is 1.79. The normalized spacial score (nSPS) is 10.2. The Hall–Kier alpha value is -2.69. The zero-order valence-electron chi connectivity index (χ0n) is 14.1. The molecule has 0 N–H and O–H groups in total. The van der Waals surface area contributed by atoms with Gasteiger partial charge in [0.1, 0.15) is 5.75 Å². The standard InChI is InChI=1S/C19H22N2O3/c1-15(22)17-7-9-18(10-8-17)24-12-4-6-19(23)21(2)14-16-5-3-11-20-13-16/h3,5,7-11,13H,4,6,12,14H2,1-2H3. The Bertz CT molecular complexity index is 669. The van der Waals surface area contributed by atoms with Crippen LogP contribution in [0.4, 0.5) is 0 Å². The summed E-state index contributed by atoms with van der Waals surface area (Å²) in [4.78, 5) is 29.0. The highest BCUT2D eigenvalue weighted by atomic mass is 16.5. The molecule has 0 fully saturated rings. The lowest BCUT2D eigenvalue weighted by Gasteiger charge is -2.17. The third-order valence-corrected chi connectivity index (χ3v) is 3.63. The Labute approximate surface area is 142 Å². The number of Topliss-reactive ketones (excluding diaryl/α,β-unsaturated/α-hetero) is 1. The number of carbonyl (C=O) groups is 2. The minimum absolute atomic E-state index is 0.0313. The minimum atomic E-state index is 0.0313. The number of amides is 1. The van der Waals surface area contributed by atoms with Gasteiger partial charge < -0.3 is 9.64 Å². The number of ketones is 1. The first kappa shape index (κ1) is 17.7. The van der Waals surface area contributed by atoms with E-state index in [-0.39, 0.29) is 11.7 Å². The Morgan fingerprint density at radius 1 is 1.17 bits per heavy atom. The fraction of sp³-hybridized carbons (Fsp3) is 0.316. The number of hydrogen-bond acceptors (Lipinski definition) is 4. The van der Waals surface area contributed by atoms with Crippen molar-refractivity contribution in [2.45, 2.75) is 26.3 Å². The largest absolute Gasteiger partial charge is 0.494 e. The van der Waals surface area contributed by atoms with Crippen LogP contribution in [0.1, 0.15) is 35.7 Å². The summed E-state index contributed by atoms with van der Waals surface area (Å²) in [5, 5.41) is 0. The maximum atomic E-state index is 12.1. The maximum absolute atomic E-state index is 12.1. The summed E-state index contributed by atoms with van der Waals surface area (Å²) in [5.74, 6) is 0.814. The highest BCUT2D eigenvalue weighted by Crippen LogP contribution is 2.13. The number of hydrogen-bond donors (Lipinski definition) is 0. The second-order valence-electron chi connectivity index (χ2n) is 5.64. The number of benzene rings is 1. The van der Waals surface area contributed by atoms with Crippen LogP contribution in [-0.4, -0.2) is 35.2 Å². The van der Waals surface area contributed by atoms with Crippen molar-refractivity contribution in [3.05, 3.63) is 59.9 Å². The summed E-state index contributed by atoms with van der Waals surface area (Å²) in [6.07, 6.45) is 4.55. The van der Waals surface area contributed by atoms with Crippen LogP contribution in [0.2, 0.25) is 0 Å². The average molecular weight is 326 g/mol. The van der Waals surface area contributed by atoms with Crippen LogP contribution in [0, 0.1) is 0 Å². The fourth-order valence-electron chi connectivity index (χ4n) is 2.24. The first-order valence-electron chi connectivity index (χ1n) is 7.93. The second kappa shape index (κ2) is 8.82. The van der Waals surface area contributed by atoms with E-state index in [1.165, 1.54) is 6.92 Å². The van der Waals surface area contributed by atoms with Gasteiger partial charge in [-0.25, -0.2) is 0 Å². The van der Waals surface area contributed by atoms with Crippen molar-refractivity contribution in [2.75, 3.05) is 13.7 Å². The van der Waals surface area contributed by atoms with Gasteiger partial charge >= 0.3 is 0 Å². The lowest BCUT2D eigenvalue weighted by Crippen LogP contribution is -2.26. The summed E-state index contributed by atoms with van der Waals surface area (Å²) >= 11 is 0. The molecule has 0 aliphatic rings. The van der Waals surface area contributed by atoms with E-state index >= 15 is 0 Å². The van der Waals surface area contributed by atoms with Crippen molar-refractivity contribution in [1.29, 1.82) is 0 Å². The van der Waals surface area contributed by atoms with E-state index in [1.807, 2.05) is 12.1 Å². The molecule has 126 valence electrons. The van der Waals surface area contributed by atoms with Gasteiger partial charge in [0.2, 0.25) is 5.91 Å². The molecular weight excluding hydrogens is 304 g/mol. The molecule has 1 heterocycles. The fourth-order valence-corrected chi connectivity index (χ4v) is 2.24. The number of rotatable bonds is 8. The van der Waals surface area contributed by atoms with Crippen LogP contribution < -0.4 is 4.74 Å². The summed E-state index contributed by atoms with van der Waals surface area (Å²) < 4.78 is 5.60. The quantitative estimate of drug-likeness (QED) is 0.552. The van der Waals surface area contributed by atoms with Crippen molar-refractivity contribution in [1.82, 2.24) is 9.88 Å². The minimum Gasteiger partial charge on any atom is -0.494 e. The van der Waals surface area contributed by atoms with Gasteiger partial charge in [0.25, 0.3) is 0 Å². The van der Waals surface area contributed by atoms with Gasteiger partial charge in [-0.3, -0.25) is 14.6 Å². The Morgan fingerprint density at radius 2 is 1.92 bits per heavy atom. The third kappa shape index (κ3) is 5.50. The first-order valence-corrected chi connectivity index (χ1v) is 7.93.